The molecule has 17 heavy (non-hydrogen) atoms. The summed E-state index contributed by atoms with van der Waals surface area (Å²) in [5.74, 6) is -0.206. The second kappa shape index (κ2) is 3.90. The molecule has 0 spiro atoms. The quantitative estimate of drug-likeness (QED) is 0.846. The normalized spacial score (nSPS) is 16.8. The van der Waals surface area contributed by atoms with Crippen molar-refractivity contribution >= 4 is 11.7 Å². The molecule has 2 heterocycles. The van der Waals surface area contributed by atoms with Crippen molar-refractivity contribution in [2.24, 2.45) is 11.7 Å². The number of primary amides is 1. The fraction of sp³-hybridized carbons (Fsp3) is 0.400. The predicted octanol–water partition coefficient (Wildman–Crippen LogP) is 1.02. The number of rotatable bonds is 2. The predicted molar refractivity (Wildman–Crippen MR) is 54.1 cm³/mol. The van der Waals surface area contributed by atoms with Crippen LogP contribution in [-0.2, 0) is 11.0 Å². The van der Waals surface area contributed by atoms with E-state index in [1.807, 2.05) is 0 Å². The lowest BCUT2D eigenvalue weighted by atomic mass is 10.00. The third-order valence-electron chi connectivity index (χ3n) is 2.68. The molecule has 2 rings (SSSR count). The maximum Gasteiger partial charge on any atom is 0.417 e. The summed E-state index contributed by atoms with van der Waals surface area (Å²) in [7, 11) is 0. The largest absolute Gasteiger partial charge is 0.417 e. The van der Waals surface area contributed by atoms with Gasteiger partial charge in [0.25, 0.3) is 0 Å². The number of carbonyl (C=O) groups is 1. The van der Waals surface area contributed by atoms with Crippen LogP contribution in [0.2, 0.25) is 0 Å². The van der Waals surface area contributed by atoms with Crippen LogP contribution in [0.1, 0.15) is 5.56 Å². The number of pyridine rings is 1. The van der Waals surface area contributed by atoms with Crippen LogP contribution in [0.4, 0.5) is 19.0 Å². The minimum absolute atomic E-state index is 0.237. The molecule has 1 aromatic heterocycles. The zero-order chi connectivity index (χ0) is 12.6. The summed E-state index contributed by atoms with van der Waals surface area (Å²) in [5.41, 5.74) is 4.30. The first-order valence-electron chi connectivity index (χ1n) is 4.95. The lowest BCUT2D eigenvalue weighted by Gasteiger charge is -2.38. The lowest BCUT2D eigenvalue weighted by molar-refractivity contribution is -0.137. The number of halogens is 3. The van der Waals surface area contributed by atoms with E-state index in [9.17, 15) is 18.0 Å². The van der Waals surface area contributed by atoms with Crippen molar-refractivity contribution in [3.05, 3.63) is 23.9 Å². The van der Waals surface area contributed by atoms with Crippen molar-refractivity contribution in [2.75, 3.05) is 18.0 Å². The maximum atomic E-state index is 12.3. The van der Waals surface area contributed by atoms with Gasteiger partial charge in [-0.05, 0) is 12.1 Å². The monoisotopic (exact) mass is 245 g/mol. The summed E-state index contributed by atoms with van der Waals surface area (Å²) < 4.78 is 36.8. The van der Waals surface area contributed by atoms with Gasteiger partial charge in [-0.15, -0.1) is 0 Å². The highest BCUT2D eigenvalue weighted by atomic mass is 19.4. The summed E-state index contributed by atoms with van der Waals surface area (Å²) in [4.78, 5) is 16.2. The number of amides is 1. The molecule has 0 atom stereocenters. The Kier molecular flexibility index (Phi) is 2.68. The molecule has 0 aliphatic carbocycles. The van der Waals surface area contributed by atoms with Crippen molar-refractivity contribution < 1.29 is 18.0 Å². The van der Waals surface area contributed by atoms with Gasteiger partial charge in [-0.25, -0.2) is 4.98 Å². The first-order valence-corrected chi connectivity index (χ1v) is 4.95. The van der Waals surface area contributed by atoms with Crippen LogP contribution in [0.15, 0.2) is 18.3 Å². The molecule has 1 aromatic rings. The molecule has 1 saturated heterocycles. The van der Waals surface area contributed by atoms with Gasteiger partial charge in [0, 0.05) is 19.3 Å². The summed E-state index contributed by atoms with van der Waals surface area (Å²) in [6, 6.07) is 2.26. The molecule has 0 unspecified atom stereocenters. The van der Waals surface area contributed by atoms with Gasteiger partial charge in [-0.3, -0.25) is 4.79 Å². The Labute approximate surface area is 95.2 Å². The molecule has 0 aromatic carbocycles. The number of anilines is 1. The van der Waals surface area contributed by atoms with E-state index in [1.54, 1.807) is 4.90 Å². The first kappa shape index (κ1) is 11.7. The van der Waals surface area contributed by atoms with Crippen molar-refractivity contribution in [1.82, 2.24) is 4.98 Å². The molecule has 1 aliphatic heterocycles. The molecule has 4 nitrogen and oxygen atoms in total. The highest BCUT2D eigenvalue weighted by Crippen LogP contribution is 2.30. The minimum atomic E-state index is -4.38. The standard InChI is InChI=1S/C10H10F3N3O/c11-10(12,13)7-1-2-8(15-3-7)16-4-6(5-16)9(14)17/h1-3,6H,4-5H2,(H2,14,17). The third-order valence-corrected chi connectivity index (χ3v) is 2.68. The Balaban J connectivity index is 2.03. The zero-order valence-electron chi connectivity index (χ0n) is 8.74. The SMILES string of the molecule is NC(=O)C1CN(c2ccc(C(F)(F)F)cn2)C1. The van der Waals surface area contributed by atoms with Crippen LogP contribution in [0.3, 0.4) is 0 Å². The zero-order valence-corrected chi connectivity index (χ0v) is 8.74. The van der Waals surface area contributed by atoms with Crippen LogP contribution in [0.5, 0.6) is 0 Å². The van der Waals surface area contributed by atoms with Gasteiger partial charge < -0.3 is 10.6 Å². The summed E-state index contributed by atoms with van der Waals surface area (Å²) in [5, 5.41) is 0. The second-order valence-electron chi connectivity index (χ2n) is 3.91. The number of hydrogen-bond donors (Lipinski definition) is 1. The lowest BCUT2D eigenvalue weighted by Crippen LogP contribution is -2.52. The van der Waals surface area contributed by atoms with Crippen molar-refractivity contribution in [2.45, 2.75) is 6.18 Å². The molecule has 1 fully saturated rings. The number of nitrogens with zero attached hydrogens (tertiary/aromatic N) is 2. The van der Waals surface area contributed by atoms with Gasteiger partial charge in [0.2, 0.25) is 5.91 Å². The van der Waals surface area contributed by atoms with E-state index >= 15 is 0 Å². The van der Waals surface area contributed by atoms with Crippen LogP contribution in [0, 0.1) is 5.92 Å². The van der Waals surface area contributed by atoms with Gasteiger partial charge in [-0.2, -0.15) is 13.2 Å². The molecule has 0 radical (unpaired) electrons. The number of aromatic nitrogens is 1. The number of carbonyl (C=O) groups excluding carboxylic acids is 1. The Morgan fingerprint density at radius 3 is 2.47 bits per heavy atom. The van der Waals surface area contributed by atoms with Gasteiger partial charge in [-0.1, -0.05) is 0 Å². The maximum absolute atomic E-state index is 12.3. The molecule has 0 bridgehead atoms. The highest BCUT2D eigenvalue weighted by Gasteiger charge is 2.34. The van der Waals surface area contributed by atoms with Gasteiger partial charge in [0.05, 0.1) is 11.5 Å². The third kappa shape index (κ3) is 2.32. The fourth-order valence-electron chi connectivity index (χ4n) is 1.59. The van der Waals surface area contributed by atoms with E-state index in [1.165, 1.54) is 6.07 Å². The molecule has 1 amide bonds. The van der Waals surface area contributed by atoms with E-state index < -0.39 is 17.6 Å². The number of alkyl halides is 3. The van der Waals surface area contributed by atoms with E-state index in [4.69, 9.17) is 5.73 Å². The fourth-order valence-corrected chi connectivity index (χ4v) is 1.59. The van der Waals surface area contributed by atoms with Crippen LogP contribution in [0.25, 0.3) is 0 Å². The van der Waals surface area contributed by atoms with Gasteiger partial charge in [0.1, 0.15) is 5.82 Å². The Hall–Kier alpha value is -1.79. The average Bonchev–Trinajstić information content (AvgIpc) is 2.14. The van der Waals surface area contributed by atoms with Crippen LogP contribution < -0.4 is 10.6 Å². The molecule has 2 N–H and O–H groups in total. The Morgan fingerprint density at radius 1 is 1.41 bits per heavy atom. The highest BCUT2D eigenvalue weighted by molar-refractivity contribution is 5.79. The number of hydrogen-bond acceptors (Lipinski definition) is 3. The van der Waals surface area contributed by atoms with E-state index in [0.29, 0.717) is 18.9 Å². The number of nitrogens with two attached hydrogens (primary N) is 1. The van der Waals surface area contributed by atoms with Gasteiger partial charge in [0.15, 0.2) is 0 Å². The van der Waals surface area contributed by atoms with E-state index in [0.717, 1.165) is 12.3 Å². The van der Waals surface area contributed by atoms with Crippen LogP contribution >= 0.6 is 0 Å². The van der Waals surface area contributed by atoms with E-state index in [-0.39, 0.29) is 5.92 Å². The molecule has 1 aliphatic rings. The molecular formula is C10H10F3N3O. The van der Waals surface area contributed by atoms with Crippen molar-refractivity contribution in [3.63, 3.8) is 0 Å². The molecule has 92 valence electrons. The van der Waals surface area contributed by atoms with Crippen LogP contribution in [-0.4, -0.2) is 24.0 Å². The average molecular weight is 245 g/mol. The summed E-state index contributed by atoms with van der Waals surface area (Å²) in [6.07, 6.45) is -3.59. The molecular weight excluding hydrogens is 235 g/mol. The Morgan fingerprint density at radius 2 is 2.06 bits per heavy atom. The van der Waals surface area contributed by atoms with Crippen molar-refractivity contribution in [3.8, 4) is 0 Å². The van der Waals surface area contributed by atoms with Crippen molar-refractivity contribution in [1.29, 1.82) is 0 Å². The van der Waals surface area contributed by atoms with E-state index in [2.05, 4.69) is 4.98 Å². The molecule has 7 heteroatoms. The topological polar surface area (TPSA) is 59.2 Å². The smallest absolute Gasteiger partial charge is 0.369 e. The molecule has 0 saturated carbocycles. The van der Waals surface area contributed by atoms with Gasteiger partial charge >= 0.3 is 6.18 Å². The first-order chi connectivity index (χ1) is 7.88. The second-order valence-corrected chi connectivity index (χ2v) is 3.91. The minimum Gasteiger partial charge on any atom is -0.369 e. The Bertz CT molecular complexity index is 423. The summed E-state index contributed by atoms with van der Waals surface area (Å²) >= 11 is 0. The summed E-state index contributed by atoms with van der Waals surface area (Å²) in [6.45, 7) is 0.821.